The van der Waals surface area contributed by atoms with Crippen molar-refractivity contribution in [2.24, 2.45) is 0 Å². The fraction of sp³-hybridized carbons (Fsp3) is 1.00. The van der Waals surface area contributed by atoms with E-state index in [-0.39, 0.29) is 0 Å². The minimum absolute atomic E-state index is 1.00. The van der Waals surface area contributed by atoms with E-state index in [4.69, 9.17) is 0 Å². The summed E-state index contributed by atoms with van der Waals surface area (Å²) in [6.07, 6.45) is 2.88. The Balaban J connectivity index is 0.000000217. The number of nitrogens with zero attached hydrogens (tertiary/aromatic N) is 2. The van der Waals surface area contributed by atoms with Crippen LogP contribution in [0.3, 0.4) is 0 Å². The van der Waals surface area contributed by atoms with Gasteiger partial charge in [0, 0.05) is 12.8 Å². The van der Waals surface area contributed by atoms with Gasteiger partial charge in [-0.15, -0.1) is 0 Å². The second-order valence-electron chi connectivity index (χ2n) is 5.77. The van der Waals surface area contributed by atoms with E-state index in [1.165, 1.54) is 30.4 Å². The van der Waals surface area contributed by atoms with Crippen LogP contribution in [-0.4, -0.2) is 64.3 Å². The zero-order chi connectivity index (χ0) is 9.83. The molecular weight excluding hydrogens is 148 g/mol. The van der Waals surface area contributed by atoms with Crippen LogP contribution in [0, 0.1) is 0 Å². The lowest BCUT2D eigenvalue weighted by atomic mass is 10.4. The van der Waals surface area contributed by atoms with Crippen LogP contribution < -0.4 is 0 Å². The minimum Gasteiger partial charge on any atom is -0.333 e. The molecule has 0 N–H and O–H groups in total. The topological polar surface area (TPSA) is 0 Å². The summed E-state index contributed by atoms with van der Waals surface area (Å²) in [5.74, 6) is 0. The van der Waals surface area contributed by atoms with Crippen molar-refractivity contribution in [3.05, 3.63) is 0 Å². The van der Waals surface area contributed by atoms with Gasteiger partial charge in [0.2, 0.25) is 0 Å². The van der Waals surface area contributed by atoms with E-state index < -0.39 is 0 Å². The van der Waals surface area contributed by atoms with Crippen LogP contribution in [0.4, 0.5) is 0 Å². The Morgan fingerprint density at radius 1 is 0.833 bits per heavy atom. The van der Waals surface area contributed by atoms with Crippen LogP contribution >= 0.6 is 0 Å². The molecule has 1 aliphatic heterocycles. The first-order valence-electron chi connectivity index (χ1n) is 4.82. The summed E-state index contributed by atoms with van der Waals surface area (Å²) in [7, 11) is 13.1. The largest absolute Gasteiger partial charge is 0.333 e. The maximum absolute atomic E-state index is 2.30. The molecule has 1 fully saturated rings. The molecule has 1 aliphatic rings. The van der Waals surface area contributed by atoms with Crippen molar-refractivity contribution >= 4 is 0 Å². The molecule has 0 bridgehead atoms. The highest BCUT2D eigenvalue weighted by atomic mass is 15.3. The zero-order valence-corrected chi connectivity index (χ0v) is 9.72. The van der Waals surface area contributed by atoms with E-state index in [1.54, 1.807) is 0 Å². The summed E-state index contributed by atoms with van der Waals surface area (Å²) < 4.78 is 2.25. The number of likely N-dealkylation sites (tertiary alicyclic amines) is 1. The fourth-order valence-corrected chi connectivity index (χ4v) is 1.19. The van der Waals surface area contributed by atoms with E-state index in [2.05, 4.69) is 42.3 Å². The lowest BCUT2D eigenvalue weighted by Gasteiger charge is -2.21. The normalized spacial score (nSPS) is 21.5. The number of rotatable bonds is 0. The van der Waals surface area contributed by atoms with Gasteiger partial charge < -0.3 is 8.97 Å². The molecule has 0 spiro atoms. The molecule has 12 heavy (non-hydrogen) atoms. The molecule has 0 atom stereocenters. The first-order chi connectivity index (χ1) is 5.21. The quantitative estimate of drug-likeness (QED) is 0.484. The van der Waals surface area contributed by atoms with Gasteiger partial charge in [-0.05, 0) is 0 Å². The van der Waals surface area contributed by atoms with Gasteiger partial charge in [-0.2, -0.15) is 0 Å². The summed E-state index contributed by atoms with van der Waals surface area (Å²) in [4.78, 5) is 0. The average molecular weight is 174 g/mol. The summed E-state index contributed by atoms with van der Waals surface area (Å²) in [6, 6.07) is 0. The molecule has 0 saturated carbocycles. The van der Waals surface area contributed by atoms with Gasteiger partial charge in [-0.1, -0.05) is 0 Å². The van der Waals surface area contributed by atoms with Gasteiger partial charge in [-0.3, -0.25) is 0 Å². The lowest BCUT2D eigenvalue weighted by molar-refractivity contribution is -0.877. The van der Waals surface area contributed by atoms with Crippen LogP contribution in [-0.2, 0) is 0 Å². The number of quaternary nitrogens is 2. The smallest absolute Gasteiger partial charge is 0.0784 e. The third kappa shape index (κ3) is 9.92. The molecular formula is C10H26N2+2. The second-order valence-corrected chi connectivity index (χ2v) is 5.77. The first kappa shape index (κ1) is 11.9. The first-order valence-corrected chi connectivity index (χ1v) is 4.82. The van der Waals surface area contributed by atoms with Gasteiger partial charge in [0.05, 0.1) is 55.4 Å². The Labute approximate surface area is 78.0 Å². The lowest BCUT2D eigenvalue weighted by Crippen LogP contribution is -2.35. The SMILES string of the molecule is C[N+](C)(C)C.C[N+]1(C)CCCC1. The van der Waals surface area contributed by atoms with Crippen molar-refractivity contribution in [2.75, 3.05) is 55.4 Å². The molecule has 0 aromatic carbocycles. The van der Waals surface area contributed by atoms with Crippen molar-refractivity contribution in [1.82, 2.24) is 0 Å². The third-order valence-corrected chi connectivity index (χ3v) is 1.78. The van der Waals surface area contributed by atoms with Crippen molar-refractivity contribution in [3.63, 3.8) is 0 Å². The van der Waals surface area contributed by atoms with Crippen molar-refractivity contribution in [1.29, 1.82) is 0 Å². The van der Waals surface area contributed by atoms with Crippen molar-refractivity contribution in [3.8, 4) is 0 Å². The molecule has 0 aliphatic carbocycles. The van der Waals surface area contributed by atoms with E-state index in [1.807, 2.05) is 0 Å². The highest BCUT2D eigenvalue weighted by Gasteiger charge is 2.19. The minimum atomic E-state index is 1.00. The maximum atomic E-state index is 2.30. The van der Waals surface area contributed by atoms with Crippen LogP contribution in [0.2, 0.25) is 0 Å². The molecule has 2 heteroatoms. The van der Waals surface area contributed by atoms with E-state index in [9.17, 15) is 0 Å². The van der Waals surface area contributed by atoms with Gasteiger partial charge in [0.15, 0.2) is 0 Å². The number of hydrogen-bond donors (Lipinski definition) is 0. The van der Waals surface area contributed by atoms with E-state index in [0.29, 0.717) is 0 Å². The highest BCUT2D eigenvalue weighted by Crippen LogP contribution is 2.11. The van der Waals surface area contributed by atoms with Crippen molar-refractivity contribution < 1.29 is 8.97 Å². The third-order valence-electron chi connectivity index (χ3n) is 1.78. The van der Waals surface area contributed by atoms with E-state index in [0.717, 1.165) is 4.48 Å². The zero-order valence-electron chi connectivity index (χ0n) is 9.72. The summed E-state index contributed by atoms with van der Waals surface area (Å²) in [6.45, 7) is 2.78. The van der Waals surface area contributed by atoms with Gasteiger partial charge in [0.1, 0.15) is 0 Å². The Hall–Kier alpha value is -0.0800. The Kier molecular flexibility index (Phi) is 4.21. The van der Waals surface area contributed by atoms with Crippen LogP contribution in [0.1, 0.15) is 12.8 Å². The molecule has 0 unspecified atom stereocenters. The molecule has 74 valence electrons. The molecule has 0 aromatic heterocycles. The maximum Gasteiger partial charge on any atom is 0.0784 e. The standard InChI is InChI=1S/C6H14N.C4H12N/c1-7(2)5-3-4-6-7;1-5(2,3)4/h3-6H2,1-2H3;1-4H3/q2*+1. The Morgan fingerprint density at radius 2 is 1.08 bits per heavy atom. The van der Waals surface area contributed by atoms with Gasteiger partial charge in [-0.25, -0.2) is 0 Å². The Morgan fingerprint density at radius 3 is 1.17 bits per heavy atom. The molecule has 1 rings (SSSR count). The molecule has 0 aromatic rings. The fourth-order valence-electron chi connectivity index (χ4n) is 1.19. The van der Waals surface area contributed by atoms with Gasteiger partial charge >= 0.3 is 0 Å². The molecule has 1 saturated heterocycles. The Bertz CT molecular complexity index is 108. The highest BCUT2D eigenvalue weighted by molar-refractivity contribution is 4.46. The predicted octanol–water partition coefficient (Wildman–Crippen LogP) is 1.18. The van der Waals surface area contributed by atoms with Crippen LogP contribution in [0.5, 0.6) is 0 Å². The summed E-state index contributed by atoms with van der Waals surface area (Å²) in [5, 5.41) is 0. The monoisotopic (exact) mass is 174 g/mol. The van der Waals surface area contributed by atoms with Gasteiger partial charge in [0.25, 0.3) is 0 Å². The molecule has 0 amide bonds. The molecule has 0 radical (unpaired) electrons. The predicted molar refractivity (Wildman–Crippen MR) is 55.0 cm³/mol. The molecule has 1 heterocycles. The summed E-state index contributed by atoms with van der Waals surface area (Å²) in [5.41, 5.74) is 0. The molecule has 2 nitrogen and oxygen atoms in total. The second kappa shape index (κ2) is 4.24. The average Bonchev–Trinajstić information content (AvgIpc) is 2.08. The van der Waals surface area contributed by atoms with E-state index >= 15 is 0 Å². The summed E-state index contributed by atoms with van der Waals surface area (Å²) >= 11 is 0. The van der Waals surface area contributed by atoms with Crippen LogP contribution in [0.25, 0.3) is 0 Å². The van der Waals surface area contributed by atoms with Crippen LogP contribution in [0.15, 0.2) is 0 Å². The van der Waals surface area contributed by atoms with Crippen molar-refractivity contribution in [2.45, 2.75) is 12.8 Å². The number of hydrogen-bond acceptors (Lipinski definition) is 0.